The molecule has 0 amide bonds. The molecule has 1 fully saturated rings. The van der Waals surface area contributed by atoms with Gasteiger partial charge < -0.3 is 10.5 Å². The summed E-state index contributed by atoms with van der Waals surface area (Å²) in [6.45, 7) is 4.99. The van der Waals surface area contributed by atoms with Crippen LogP contribution in [0.25, 0.3) is 0 Å². The van der Waals surface area contributed by atoms with Gasteiger partial charge >= 0.3 is 0 Å². The highest BCUT2D eigenvalue weighted by molar-refractivity contribution is 7.99. The van der Waals surface area contributed by atoms with Crippen LogP contribution < -0.4 is 5.73 Å². The van der Waals surface area contributed by atoms with E-state index in [1.165, 1.54) is 25.7 Å². The fraction of sp³-hybridized carbons (Fsp3) is 0.714. The van der Waals surface area contributed by atoms with Crippen LogP contribution in [0.4, 0.5) is 5.82 Å². The maximum absolute atomic E-state index is 5.97. The van der Waals surface area contributed by atoms with Gasteiger partial charge in [0.25, 0.3) is 0 Å². The summed E-state index contributed by atoms with van der Waals surface area (Å²) in [5, 5.41) is 0.748. The van der Waals surface area contributed by atoms with Crippen LogP contribution in [0, 0.1) is 12.8 Å². The van der Waals surface area contributed by atoms with E-state index >= 15 is 0 Å². The molecule has 2 atom stereocenters. The molecule has 1 aliphatic rings. The summed E-state index contributed by atoms with van der Waals surface area (Å²) >= 11 is 1.61. The summed E-state index contributed by atoms with van der Waals surface area (Å²) in [6, 6.07) is 1.78. The quantitative estimate of drug-likeness (QED) is 0.510. The first-order chi connectivity index (χ1) is 9.15. The molecule has 106 valence electrons. The standard InChI is InChI=1S/C14H23N3OS/c1-10-5-3-4-6-12(10)18-7-8-19-14-16-11(2)9-13(15)17-14/h9-10,12H,3-8H2,1-2H3,(H2,15,16,17). The second-order valence-corrected chi connectivity index (χ2v) is 6.30. The van der Waals surface area contributed by atoms with Crippen molar-refractivity contribution in [1.29, 1.82) is 0 Å². The number of nitrogens with zero attached hydrogens (tertiary/aromatic N) is 2. The van der Waals surface area contributed by atoms with Crippen molar-refractivity contribution in [2.45, 2.75) is 50.8 Å². The topological polar surface area (TPSA) is 61.0 Å². The lowest BCUT2D eigenvalue weighted by Crippen LogP contribution is -2.26. The average Bonchev–Trinajstić information content (AvgIpc) is 2.35. The maximum Gasteiger partial charge on any atom is 0.189 e. The van der Waals surface area contributed by atoms with Gasteiger partial charge in [0, 0.05) is 17.5 Å². The Morgan fingerprint density at radius 2 is 2.16 bits per heavy atom. The number of aryl methyl sites for hydroxylation is 1. The van der Waals surface area contributed by atoms with Gasteiger partial charge in [0.05, 0.1) is 12.7 Å². The van der Waals surface area contributed by atoms with Gasteiger partial charge in [0.2, 0.25) is 0 Å². The number of aromatic nitrogens is 2. The summed E-state index contributed by atoms with van der Waals surface area (Å²) in [5.74, 6) is 2.12. The number of hydrogen-bond acceptors (Lipinski definition) is 5. The number of nitrogens with two attached hydrogens (primary N) is 1. The average molecular weight is 281 g/mol. The Hall–Kier alpha value is -0.810. The monoisotopic (exact) mass is 281 g/mol. The number of anilines is 1. The van der Waals surface area contributed by atoms with Gasteiger partial charge in [-0.2, -0.15) is 0 Å². The van der Waals surface area contributed by atoms with Crippen LogP contribution in [0.1, 0.15) is 38.3 Å². The van der Waals surface area contributed by atoms with Crippen LogP contribution in [-0.2, 0) is 4.74 Å². The van der Waals surface area contributed by atoms with E-state index in [-0.39, 0.29) is 0 Å². The van der Waals surface area contributed by atoms with Gasteiger partial charge in [0.15, 0.2) is 5.16 Å². The highest BCUT2D eigenvalue weighted by atomic mass is 32.2. The van der Waals surface area contributed by atoms with Crippen LogP contribution in [0.3, 0.4) is 0 Å². The maximum atomic E-state index is 5.97. The van der Waals surface area contributed by atoms with Crippen LogP contribution in [0.2, 0.25) is 0 Å². The second-order valence-electron chi connectivity index (χ2n) is 5.24. The lowest BCUT2D eigenvalue weighted by atomic mass is 9.88. The molecule has 0 saturated heterocycles. The van der Waals surface area contributed by atoms with Crippen molar-refractivity contribution in [1.82, 2.24) is 9.97 Å². The van der Waals surface area contributed by atoms with Gasteiger partial charge in [-0.15, -0.1) is 0 Å². The van der Waals surface area contributed by atoms with E-state index in [0.717, 1.165) is 23.2 Å². The Kier molecular flexibility index (Phi) is 5.45. The predicted octanol–water partition coefficient (Wildman–Crippen LogP) is 3.05. The molecule has 19 heavy (non-hydrogen) atoms. The van der Waals surface area contributed by atoms with Crippen LogP contribution in [-0.4, -0.2) is 28.4 Å². The Bertz CT molecular complexity index is 393. The molecular formula is C14H23N3OS. The minimum atomic E-state index is 0.442. The fourth-order valence-corrected chi connectivity index (χ4v) is 3.23. The smallest absolute Gasteiger partial charge is 0.189 e. The molecule has 1 aromatic rings. The van der Waals surface area contributed by atoms with Crippen molar-refractivity contribution < 1.29 is 4.74 Å². The van der Waals surface area contributed by atoms with Gasteiger partial charge in [-0.25, -0.2) is 9.97 Å². The van der Waals surface area contributed by atoms with Crippen molar-refractivity contribution in [2.24, 2.45) is 5.92 Å². The van der Waals surface area contributed by atoms with Crippen LogP contribution >= 0.6 is 11.8 Å². The second kappa shape index (κ2) is 7.10. The van der Waals surface area contributed by atoms with Crippen molar-refractivity contribution in [2.75, 3.05) is 18.1 Å². The van der Waals surface area contributed by atoms with Crippen molar-refractivity contribution in [3.05, 3.63) is 11.8 Å². The molecule has 0 aliphatic heterocycles. The number of ether oxygens (including phenoxy) is 1. The summed E-state index contributed by atoms with van der Waals surface area (Å²) < 4.78 is 5.97. The molecule has 2 N–H and O–H groups in total. The summed E-state index contributed by atoms with van der Waals surface area (Å²) in [5.41, 5.74) is 6.62. The third-order valence-corrected chi connectivity index (χ3v) is 4.34. The molecule has 0 bridgehead atoms. The predicted molar refractivity (Wildman–Crippen MR) is 79.3 cm³/mol. The van der Waals surface area contributed by atoms with E-state index in [1.807, 2.05) is 6.92 Å². The normalized spacial score (nSPS) is 23.5. The molecule has 4 nitrogen and oxygen atoms in total. The molecule has 0 spiro atoms. The van der Waals surface area contributed by atoms with Crippen molar-refractivity contribution in [3.8, 4) is 0 Å². The van der Waals surface area contributed by atoms with Gasteiger partial charge in [0.1, 0.15) is 5.82 Å². The zero-order valence-electron chi connectivity index (χ0n) is 11.8. The molecule has 1 aliphatic carbocycles. The summed E-state index contributed by atoms with van der Waals surface area (Å²) in [7, 11) is 0. The fourth-order valence-electron chi connectivity index (χ4n) is 2.49. The minimum absolute atomic E-state index is 0.442. The van der Waals surface area contributed by atoms with Gasteiger partial charge in [-0.05, 0) is 25.7 Å². The van der Waals surface area contributed by atoms with E-state index in [9.17, 15) is 0 Å². The molecule has 5 heteroatoms. The zero-order valence-corrected chi connectivity index (χ0v) is 12.6. The first kappa shape index (κ1) is 14.6. The van der Waals surface area contributed by atoms with Crippen molar-refractivity contribution >= 4 is 17.6 Å². The number of thioether (sulfide) groups is 1. The Balaban J connectivity index is 1.71. The number of nitrogen functional groups attached to an aromatic ring is 1. The Morgan fingerprint density at radius 3 is 2.89 bits per heavy atom. The van der Waals surface area contributed by atoms with Crippen LogP contribution in [0.5, 0.6) is 0 Å². The van der Waals surface area contributed by atoms with E-state index in [1.54, 1.807) is 17.8 Å². The minimum Gasteiger partial charge on any atom is -0.384 e. The molecule has 1 heterocycles. The third kappa shape index (κ3) is 4.66. The van der Waals surface area contributed by atoms with Gasteiger partial charge in [-0.1, -0.05) is 31.5 Å². The molecule has 0 radical (unpaired) electrons. The lowest BCUT2D eigenvalue weighted by molar-refractivity contribution is 0.00345. The van der Waals surface area contributed by atoms with Crippen molar-refractivity contribution in [3.63, 3.8) is 0 Å². The Labute approximate surface area is 119 Å². The first-order valence-corrected chi connectivity index (χ1v) is 7.99. The molecule has 1 saturated carbocycles. The molecule has 1 aromatic heterocycles. The summed E-state index contributed by atoms with van der Waals surface area (Å²) in [6.07, 6.45) is 5.61. The lowest BCUT2D eigenvalue weighted by Gasteiger charge is -2.28. The molecule has 2 unspecified atom stereocenters. The van der Waals surface area contributed by atoms with E-state index in [2.05, 4.69) is 16.9 Å². The number of hydrogen-bond donors (Lipinski definition) is 1. The van der Waals surface area contributed by atoms with E-state index in [0.29, 0.717) is 17.8 Å². The zero-order chi connectivity index (χ0) is 13.7. The highest BCUT2D eigenvalue weighted by Crippen LogP contribution is 2.26. The van der Waals surface area contributed by atoms with Crippen LogP contribution in [0.15, 0.2) is 11.2 Å². The molecular weight excluding hydrogens is 258 g/mol. The SMILES string of the molecule is Cc1cc(N)nc(SCCOC2CCCCC2C)n1. The molecule has 2 rings (SSSR count). The van der Waals surface area contributed by atoms with E-state index < -0.39 is 0 Å². The Morgan fingerprint density at radius 1 is 1.37 bits per heavy atom. The van der Waals surface area contributed by atoms with Gasteiger partial charge in [-0.3, -0.25) is 0 Å². The first-order valence-electron chi connectivity index (χ1n) is 7.00. The highest BCUT2D eigenvalue weighted by Gasteiger charge is 2.21. The third-order valence-electron chi connectivity index (χ3n) is 3.53. The van der Waals surface area contributed by atoms with E-state index in [4.69, 9.17) is 10.5 Å². The largest absolute Gasteiger partial charge is 0.384 e. The summed E-state index contributed by atoms with van der Waals surface area (Å²) in [4.78, 5) is 8.56. The molecule has 0 aromatic carbocycles. The number of rotatable bonds is 5.